The molecule has 0 aliphatic carbocycles. The minimum absolute atomic E-state index is 0.316. The van der Waals surface area contributed by atoms with E-state index in [9.17, 15) is 4.79 Å². The van der Waals surface area contributed by atoms with Gasteiger partial charge >= 0.3 is 6.03 Å². The van der Waals surface area contributed by atoms with Gasteiger partial charge in [0.05, 0.1) is 11.6 Å². The molecule has 0 radical (unpaired) electrons. The Kier molecular flexibility index (Phi) is 5.80. The highest BCUT2D eigenvalue weighted by Crippen LogP contribution is 2.20. The number of nitriles is 1. The highest BCUT2D eigenvalue weighted by Gasteiger charge is 2.08. The summed E-state index contributed by atoms with van der Waals surface area (Å²) in [6, 6.07) is 16.6. The van der Waals surface area contributed by atoms with E-state index in [2.05, 4.69) is 36.3 Å². The summed E-state index contributed by atoms with van der Waals surface area (Å²) < 4.78 is 0. The summed E-state index contributed by atoms with van der Waals surface area (Å²) in [5, 5.41) is 14.3. The number of anilines is 3. The van der Waals surface area contributed by atoms with Gasteiger partial charge in [-0.3, -0.25) is 0 Å². The van der Waals surface area contributed by atoms with Crippen molar-refractivity contribution in [1.29, 1.82) is 5.26 Å². The van der Waals surface area contributed by atoms with E-state index in [1.165, 1.54) is 0 Å². The van der Waals surface area contributed by atoms with E-state index in [1.807, 2.05) is 30.3 Å². The van der Waals surface area contributed by atoms with Crippen molar-refractivity contribution in [3.63, 3.8) is 0 Å². The molecular formula is C19H22N4O. The fraction of sp³-hybridized carbons (Fsp3) is 0.263. The molecule has 0 unspecified atom stereocenters. The zero-order chi connectivity index (χ0) is 17.5. The molecule has 0 spiro atoms. The number of nitrogens with one attached hydrogen (secondary N) is 2. The molecule has 0 aliphatic heterocycles. The van der Waals surface area contributed by atoms with Crippen LogP contribution in [0.15, 0.2) is 48.5 Å². The van der Waals surface area contributed by atoms with Gasteiger partial charge in [0.25, 0.3) is 0 Å². The van der Waals surface area contributed by atoms with Crippen LogP contribution < -0.4 is 15.5 Å². The number of hydrogen-bond donors (Lipinski definition) is 2. The van der Waals surface area contributed by atoms with Crippen LogP contribution in [-0.2, 0) is 0 Å². The molecule has 0 saturated carbocycles. The van der Waals surface area contributed by atoms with Crippen molar-refractivity contribution in [1.82, 2.24) is 0 Å². The number of carbonyl (C=O) groups excluding carboxylic acids is 1. The van der Waals surface area contributed by atoms with E-state index in [1.54, 1.807) is 24.3 Å². The van der Waals surface area contributed by atoms with Crippen molar-refractivity contribution < 1.29 is 4.79 Å². The van der Waals surface area contributed by atoms with E-state index < -0.39 is 0 Å². The van der Waals surface area contributed by atoms with Gasteiger partial charge in [0.2, 0.25) is 0 Å². The molecule has 24 heavy (non-hydrogen) atoms. The van der Waals surface area contributed by atoms with Crippen molar-refractivity contribution in [2.24, 2.45) is 0 Å². The fourth-order valence-corrected chi connectivity index (χ4v) is 2.50. The van der Waals surface area contributed by atoms with Crippen LogP contribution in [0.3, 0.4) is 0 Å². The predicted octanol–water partition coefficient (Wildman–Crippen LogP) is 4.44. The fourth-order valence-electron chi connectivity index (χ4n) is 2.50. The van der Waals surface area contributed by atoms with Gasteiger partial charge in [0.1, 0.15) is 0 Å². The molecule has 0 aliphatic rings. The highest BCUT2D eigenvalue weighted by molar-refractivity contribution is 5.99. The Morgan fingerprint density at radius 3 is 1.96 bits per heavy atom. The van der Waals surface area contributed by atoms with E-state index in [4.69, 9.17) is 5.26 Å². The molecular weight excluding hydrogens is 300 g/mol. The predicted molar refractivity (Wildman–Crippen MR) is 98.4 cm³/mol. The van der Waals surface area contributed by atoms with Gasteiger partial charge in [-0.15, -0.1) is 0 Å². The summed E-state index contributed by atoms with van der Waals surface area (Å²) in [5.74, 6) is 0. The molecule has 2 amide bonds. The summed E-state index contributed by atoms with van der Waals surface area (Å²) in [4.78, 5) is 14.3. The topological polar surface area (TPSA) is 68.2 Å². The first-order valence-electron chi connectivity index (χ1n) is 7.98. The number of nitrogens with zero attached hydrogens (tertiary/aromatic N) is 2. The zero-order valence-electron chi connectivity index (χ0n) is 14.2. The third kappa shape index (κ3) is 4.50. The maximum atomic E-state index is 12.0. The third-order valence-corrected chi connectivity index (χ3v) is 3.69. The number of urea groups is 1. The monoisotopic (exact) mass is 322 g/mol. The maximum Gasteiger partial charge on any atom is 0.323 e. The van der Waals surface area contributed by atoms with Gasteiger partial charge in [-0.05, 0) is 69.3 Å². The van der Waals surface area contributed by atoms with Crippen LogP contribution in [0.2, 0.25) is 0 Å². The molecule has 124 valence electrons. The van der Waals surface area contributed by atoms with Gasteiger partial charge < -0.3 is 15.5 Å². The Morgan fingerprint density at radius 2 is 1.54 bits per heavy atom. The second-order valence-electron chi connectivity index (χ2n) is 5.69. The number of carbonyl (C=O) groups is 1. The number of amides is 2. The lowest BCUT2D eigenvalue weighted by Gasteiger charge is -2.27. The number of rotatable bonds is 5. The molecule has 0 fully saturated rings. The highest BCUT2D eigenvalue weighted by atomic mass is 16.2. The standard InChI is InChI=1S/C19H22N4O/c1-4-23(14(2)3)18-11-9-17(10-12-18)22-19(24)21-16-7-5-15(13-20)6-8-16/h5-12,14H,4H2,1-3H3,(H2,21,22,24). The summed E-state index contributed by atoms with van der Waals surface area (Å²) in [5.41, 5.74) is 3.05. The molecule has 0 aromatic heterocycles. The lowest BCUT2D eigenvalue weighted by atomic mass is 10.2. The molecule has 5 nitrogen and oxygen atoms in total. The van der Waals surface area contributed by atoms with E-state index in [-0.39, 0.29) is 6.03 Å². The van der Waals surface area contributed by atoms with Crippen LogP contribution >= 0.6 is 0 Å². The third-order valence-electron chi connectivity index (χ3n) is 3.69. The Bertz CT molecular complexity index is 715. The first-order valence-corrected chi connectivity index (χ1v) is 7.98. The van der Waals surface area contributed by atoms with Crippen molar-refractivity contribution in [3.8, 4) is 6.07 Å². The first-order chi connectivity index (χ1) is 11.5. The molecule has 2 N–H and O–H groups in total. The van der Waals surface area contributed by atoms with Gasteiger partial charge in [0.15, 0.2) is 0 Å². The Morgan fingerprint density at radius 1 is 1.04 bits per heavy atom. The zero-order valence-corrected chi connectivity index (χ0v) is 14.2. The van der Waals surface area contributed by atoms with Crippen LogP contribution in [0.1, 0.15) is 26.3 Å². The molecule has 0 bridgehead atoms. The van der Waals surface area contributed by atoms with Crippen LogP contribution in [0.5, 0.6) is 0 Å². The molecule has 0 atom stereocenters. The van der Waals surface area contributed by atoms with Crippen molar-refractivity contribution in [2.75, 3.05) is 22.1 Å². The smallest absolute Gasteiger partial charge is 0.323 e. The van der Waals surface area contributed by atoms with Crippen LogP contribution in [0.4, 0.5) is 21.9 Å². The maximum absolute atomic E-state index is 12.0. The molecule has 2 aromatic carbocycles. The van der Waals surface area contributed by atoms with Gasteiger partial charge in [-0.25, -0.2) is 4.79 Å². The van der Waals surface area contributed by atoms with E-state index in [0.29, 0.717) is 17.3 Å². The van der Waals surface area contributed by atoms with E-state index >= 15 is 0 Å². The summed E-state index contributed by atoms with van der Waals surface area (Å²) >= 11 is 0. The van der Waals surface area contributed by atoms with Crippen LogP contribution in [-0.4, -0.2) is 18.6 Å². The summed E-state index contributed by atoms with van der Waals surface area (Å²) in [7, 11) is 0. The molecule has 0 saturated heterocycles. The second-order valence-corrected chi connectivity index (χ2v) is 5.69. The Balaban J connectivity index is 1.97. The number of hydrogen-bond acceptors (Lipinski definition) is 3. The second kappa shape index (κ2) is 8.02. The number of benzene rings is 2. The lowest BCUT2D eigenvalue weighted by Crippen LogP contribution is -2.30. The quantitative estimate of drug-likeness (QED) is 0.855. The minimum atomic E-state index is -0.316. The van der Waals surface area contributed by atoms with Gasteiger partial charge in [-0.2, -0.15) is 5.26 Å². The van der Waals surface area contributed by atoms with Crippen molar-refractivity contribution in [2.45, 2.75) is 26.8 Å². The summed E-state index contributed by atoms with van der Waals surface area (Å²) in [6.45, 7) is 7.36. The molecule has 0 heterocycles. The largest absolute Gasteiger partial charge is 0.369 e. The lowest BCUT2D eigenvalue weighted by molar-refractivity contribution is 0.262. The van der Waals surface area contributed by atoms with Crippen molar-refractivity contribution >= 4 is 23.1 Å². The molecule has 2 rings (SSSR count). The average molecular weight is 322 g/mol. The average Bonchev–Trinajstić information content (AvgIpc) is 2.57. The molecule has 2 aromatic rings. The molecule has 5 heteroatoms. The van der Waals surface area contributed by atoms with Crippen LogP contribution in [0, 0.1) is 11.3 Å². The minimum Gasteiger partial charge on any atom is -0.369 e. The first kappa shape index (κ1) is 17.4. The van der Waals surface area contributed by atoms with Crippen molar-refractivity contribution in [3.05, 3.63) is 54.1 Å². The summed E-state index contributed by atoms with van der Waals surface area (Å²) in [6.07, 6.45) is 0. The SMILES string of the molecule is CCN(c1ccc(NC(=O)Nc2ccc(C#N)cc2)cc1)C(C)C. The Hall–Kier alpha value is -3.00. The van der Waals surface area contributed by atoms with Gasteiger partial charge in [-0.1, -0.05) is 0 Å². The normalized spacial score (nSPS) is 10.1. The van der Waals surface area contributed by atoms with Crippen LogP contribution in [0.25, 0.3) is 0 Å². The van der Waals surface area contributed by atoms with Gasteiger partial charge in [0, 0.05) is 29.6 Å². The van der Waals surface area contributed by atoms with E-state index in [0.717, 1.165) is 17.9 Å². The Labute approximate surface area is 142 Å².